The molecule has 0 amide bonds. The highest BCUT2D eigenvalue weighted by molar-refractivity contribution is 5.85. The fourth-order valence-corrected chi connectivity index (χ4v) is 2.54. The summed E-state index contributed by atoms with van der Waals surface area (Å²) in [4.78, 5) is 2.44. The maximum atomic E-state index is 9.55. The summed E-state index contributed by atoms with van der Waals surface area (Å²) in [5.41, 5.74) is 7.89. The van der Waals surface area contributed by atoms with Crippen LogP contribution in [0.5, 0.6) is 0 Å². The minimum Gasteiger partial charge on any atom is -0.399 e. The van der Waals surface area contributed by atoms with E-state index < -0.39 is 0 Å². The van der Waals surface area contributed by atoms with Gasteiger partial charge in [-0.1, -0.05) is 12.1 Å². The topological polar surface area (TPSA) is 49.5 Å². The molecule has 18 heavy (non-hydrogen) atoms. The van der Waals surface area contributed by atoms with E-state index in [1.165, 1.54) is 5.56 Å². The molecule has 1 aliphatic rings. The largest absolute Gasteiger partial charge is 0.399 e. The molecular weight excluding hydrogens is 248 g/mol. The number of rotatable bonds is 3. The van der Waals surface area contributed by atoms with Gasteiger partial charge >= 0.3 is 0 Å². The summed E-state index contributed by atoms with van der Waals surface area (Å²) in [6.45, 7) is 5.02. The quantitative estimate of drug-likeness (QED) is 0.829. The van der Waals surface area contributed by atoms with Crippen molar-refractivity contribution in [2.24, 2.45) is 5.92 Å². The Morgan fingerprint density at radius 3 is 2.61 bits per heavy atom. The van der Waals surface area contributed by atoms with Crippen molar-refractivity contribution >= 4 is 18.1 Å². The van der Waals surface area contributed by atoms with E-state index in [0.29, 0.717) is 5.92 Å². The van der Waals surface area contributed by atoms with Crippen molar-refractivity contribution in [2.75, 3.05) is 18.8 Å². The van der Waals surface area contributed by atoms with E-state index >= 15 is 0 Å². The zero-order chi connectivity index (χ0) is 12.3. The predicted molar refractivity (Wildman–Crippen MR) is 77.8 cm³/mol. The average Bonchev–Trinajstić information content (AvgIpc) is 2.29. The van der Waals surface area contributed by atoms with Crippen LogP contribution in [0.3, 0.4) is 0 Å². The highest BCUT2D eigenvalue weighted by atomic mass is 35.5. The van der Waals surface area contributed by atoms with E-state index in [9.17, 15) is 5.11 Å². The molecule has 3 N–H and O–H groups in total. The normalized spacial score (nSPS) is 19.2. The van der Waals surface area contributed by atoms with E-state index in [-0.39, 0.29) is 18.5 Å². The third-order valence-electron chi connectivity index (χ3n) is 3.67. The molecule has 1 aromatic rings. The summed E-state index contributed by atoms with van der Waals surface area (Å²) in [5.74, 6) is 0.479. The van der Waals surface area contributed by atoms with Crippen molar-refractivity contribution in [3.63, 3.8) is 0 Å². The number of nitrogens with zero attached hydrogens (tertiary/aromatic N) is 1. The van der Waals surface area contributed by atoms with E-state index in [1.54, 1.807) is 0 Å². The minimum atomic E-state index is -0.162. The molecule has 1 aromatic carbocycles. The maximum absolute atomic E-state index is 9.55. The second-order valence-corrected chi connectivity index (χ2v) is 5.10. The molecule has 0 aromatic heterocycles. The van der Waals surface area contributed by atoms with E-state index in [1.807, 2.05) is 25.1 Å². The second-order valence-electron chi connectivity index (χ2n) is 5.10. The van der Waals surface area contributed by atoms with Crippen molar-refractivity contribution in [1.29, 1.82) is 0 Å². The zero-order valence-electron chi connectivity index (χ0n) is 10.9. The van der Waals surface area contributed by atoms with E-state index in [4.69, 9.17) is 5.73 Å². The molecule has 1 fully saturated rings. The molecule has 102 valence electrons. The lowest BCUT2D eigenvalue weighted by Gasteiger charge is -2.33. The van der Waals surface area contributed by atoms with Crippen LogP contribution in [0.2, 0.25) is 0 Å². The van der Waals surface area contributed by atoms with Gasteiger partial charge in [0.1, 0.15) is 0 Å². The number of hydrogen-bond acceptors (Lipinski definition) is 3. The molecule has 1 aliphatic heterocycles. The Morgan fingerprint density at radius 2 is 2.06 bits per heavy atom. The van der Waals surface area contributed by atoms with Gasteiger partial charge in [0, 0.05) is 12.2 Å². The predicted octanol–water partition coefficient (Wildman–Crippen LogP) is 2.28. The molecule has 0 aliphatic carbocycles. The first kappa shape index (κ1) is 15.3. The van der Waals surface area contributed by atoms with Gasteiger partial charge in [-0.2, -0.15) is 0 Å². The van der Waals surface area contributed by atoms with Gasteiger partial charge in [0.2, 0.25) is 0 Å². The summed E-state index contributed by atoms with van der Waals surface area (Å²) in [6, 6.07) is 8.09. The first-order valence-corrected chi connectivity index (χ1v) is 6.40. The third-order valence-corrected chi connectivity index (χ3v) is 3.67. The summed E-state index contributed by atoms with van der Waals surface area (Å²) in [6.07, 6.45) is 2.03. The number of halogens is 1. The van der Waals surface area contributed by atoms with Crippen molar-refractivity contribution in [3.05, 3.63) is 29.8 Å². The van der Waals surface area contributed by atoms with Crippen LogP contribution < -0.4 is 5.73 Å². The van der Waals surface area contributed by atoms with Crippen LogP contribution in [0.25, 0.3) is 0 Å². The Labute approximate surface area is 115 Å². The molecule has 0 spiro atoms. The van der Waals surface area contributed by atoms with Gasteiger partial charge in [0.05, 0.1) is 6.10 Å². The maximum Gasteiger partial charge on any atom is 0.0541 e. The van der Waals surface area contributed by atoms with Gasteiger partial charge in [-0.3, -0.25) is 4.90 Å². The monoisotopic (exact) mass is 270 g/mol. The molecule has 0 radical (unpaired) electrons. The van der Waals surface area contributed by atoms with Gasteiger partial charge in [-0.05, 0) is 56.5 Å². The number of likely N-dealkylation sites (tertiary alicyclic amines) is 1. The standard InChI is InChI=1S/C14H22N2O.ClH/c1-11(17)13-5-7-16(8-6-13)10-12-3-2-4-14(15)9-12;/h2-4,9,11,13,17H,5-8,10,15H2,1H3;1H. The molecule has 4 heteroatoms. The third kappa shape index (κ3) is 4.16. The number of hydrogen-bond donors (Lipinski definition) is 2. The van der Waals surface area contributed by atoms with Crippen molar-refractivity contribution in [1.82, 2.24) is 4.90 Å². The summed E-state index contributed by atoms with van der Waals surface area (Å²) in [7, 11) is 0. The number of piperidine rings is 1. The van der Waals surface area contributed by atoms with Gasteiger partial charge < -0.3 is 10.8 Å². The average molecular weight is 271 g/mol. The number of aliphatic hydroxyl groups is 1. The molecule has 3 nitrogen and oxygen atoms in total. The highest BCUT2D eigenvalue weighted by Crippen LogP contribution is 2.22. The lowest BCUT2D eigenvalue weighted by molar-refractivity contribution is 0.0695. The van der Waals surface area contributed by atoms with Crippen molar-refractivity contribution in [3.8, 4) is 0 Å². The highest BCUT2D eigenvalue weighted by Gasteiger charge is 2.22. The van der Waals surface area contributed by atoms with Gasteiger partial charge in [-0.25, -0.2) is 0 Å². The molecule has 0 saturated carbocycles. The van der Waals surface area contributed by atoms with Gasteiger partial charge in [0.25, 0.3) is 0 Å². The van der Waals surface area contributed by atoms with Gasteiger partial charge in [0.15, 0.2) is 0 Å². The molecule has 1 atom stereocenters. The Kier molecular flexibility index (Phi) is 5.93. The van der Waals surface area contributed by atoms with Crippen LogP contribution in [-0.2, 0) is 6.54 Å². The Bertz CT molecular complexity index is 363. The number of anilines is 1. The van der Waals surface area contributed by atoms with E-state index in [2.05, 4.69) is 11.0 Å². The van der Waals surface area contributed by atoms with Crippen LogP contribution in [0.4, 0.5) is 5.69 Å². The van der Waals surface area contributed by atoms with Crippen molar-refractivity contribution in [2.45, 2.75) is 32.4 Å². The minimum absolute atomic E-state index is 0. The molecular formula is C14H23ClN2O. The number of nitrogens with two attached hydrogens (primary N) is 1. The summed E-state index contributed by atoms with van der Waals surface area (Å²) >= 11 is 0. The first-order chi connectivity index (χ1) is 8.15. The number of nitrogen functional groups attached to an aromatic ring is 1. The SMILES string of the molecule is CC(O)C1CCN(Cc2cccc(N)c2)CC1.Cl. The Hall–Kier alpha value is -0.770. The second kappa shape index (κ2) is 6.98. The molecule has 0 bridgehead atoms. The van der Waals surface area contributed by atoms with Crippen LogP contribution >= 0.6 is 12.4 Å². The lowest BCUT2D eigenvalue weighted by atomic mass is 9.92. The Morgan fingerprint density at radius 1 is 1.39 bits per heavy atom. The first-order valence-electron chi connectivity index (χ1n) is 6.40. The van der Waals surface area contributed by atoms with Crippen LogP contribution in [0.1, 0.15) is 25.3 Å². The molecule has 1 unspecified atom stereocenters. The fraction of sp³-hybridized carbons (Fsp3) is 0.571. The molecule has 1 saturated heterocycles. The molecule has 1 heterocycles. The summed E-state index contributed by atoms with van der Waals surface area (Å²) in [5, 5.41) is 9.55. The van der Waals surface area contributed by atoms with Crippen molar-refractivity contribution < 1.29 is 5.11 Å². The lowest BCUT2D eigenvalue weighted by Crippen LogP contribution is -2.36. The zero-order valence-corrected chi connectivity index (χ0v) is 11.7. The number of benzene rings is 1. The fourth-order valence-electron chi connectivity index (χ4n) is 2.54. The molecule has 2 rings (SSSR count). The summed E-state index contributed by atoms with van der Waals surface area (Å²) < 4.78 is 0. The Balaban J connectivity index is 0.00000162. The van der Waals surface area contributed by atoms with Crippen LogP contribution in [-0.4, -0.2) is 29.2 Å². The van der Waals surface area contributed by atoms with Gasteiger partial charge in [-0.15, -0.1) is 12.4 Å². The van der Waals surface area contributed by atoms with Crippen LogP contribution in [0.15, 0.2) is 24.3 Å². The van der Waals surface area contributed by atoms with Crippen LogP contribution in [0, 0.1) is 5.92 Å². The smallest absolute Gasteiger partial charge is 0.0541 e. The number of aliphatic hydroxyl groups excluding tert-OH is 1. The van der Waals surface area contributed by atoms with E-state index in [0.717, 1.165) is 38.2 Å².